The lowest BCUT2D eigenvalue weighted by molar-refractivity contribution is 0.916. The van der Waals surface area contributed by atoms with Crippen LogP contribution in [0, 0.1) is 0 Å². The van der Waals surface area contributed by atoms with E-state index in [4.69, 9.17) is 22.9 Å². The number of rotatable bonds is 4. The number of hydrogen-bond donors (Lipinski definition) is 4. The molecule has 0 saturated heterocycles. The first-order valence-electron chi connectivity index (χ1n) is 8.73. The van der Waals surface area contributed by atoms with E-state index in [-0.39, 0.29) is 23.8 Å². The molecule has 0 spiro atoms. The first-order valence-corrected chi connectivity index (χ1v) is 8.73. The van der Waals surface area contributed by atoms with Crippen molar-refractivity contribution in [3.63, 3.8) is 0 Å². The lowest BCUT2D eigenvalue weighted by Crippen LogP contribution is -2.05. The summed E-state index contributed by atoms with van der Waals surface area (Å²) in [7, 11) is 1.84. The fourth-order valence-corrected chi connectivity index (χ4v) is 2.78. The molecule has 0 aliphatic carbocycles. The highest BCUT2D eigenvalue weighted by molar-refractivity contribution is 5.82. The molecule has 0 radical (unpaired) electrons. The summed E-state index contributed by atoms with van der Waals surface area (Å²) in [5.74, 6) is 1.75. The third-order valence-electron chi connectivity index (χ3n) is 4.18. The van der Waals surface area contributed by atoms with E-state index in [1.165, 1.54) is 0 Å². The van der Waals surface area contributed by atoms with Gasteiger partial charge >= 0.3 is 0 Å². The highest BCUT2D eigenvalue weighted by atomic mass is 15.2. The molecule has 12 heteroatoms. The van der Waals surface area contributed by atoms with Crippen LogP contribution in [0.5, 0.6) is 0 Å². The second-order valence-corrected chi connectivity index (χ2v) is 6.27. The first-order chi connectivity index (χ1) is 14.4. The molecule has 0 bridgehead atoms. The normalized spacial score (nSPS) is 11.2. The van der Waals surface area contributed by atoms with Crippen molar-refractivity contribution in [3.05, 3.63) is 42.0 Å². The van der Waals surface area contributed by atoms with Gasteiger partial charge in [0.25, 0.3) is 0 Å². The summed E-state index contributed by atoms with van der Waals surface area (Å²) < 4.78 is 1.83. The Morgan fingerprint density at radius 3 is 1.80 bits per heavy atom. The average Bonchev–Trinajstić information content (AvgIpc) is 3.06. The number of hydrogen-bond acceptors (Lipinski definition) is 11. The highest BCUT2D eigenvalue weighted by Crippen LogP contribution is 2.24. The van der Waals surface area contributed by atoms with Gasteiger partial charge in [-0.3, -0.25) is 0 Å². The molecule has 30 heavy (non-hydrogen) atoms. The molecule has 0 fully saturated rings. The maximum Gasteiger partial charge on any atom is 0.225 e. The molecule has 0 atom stereocenters. The van der Waals surface area contributed by atoms with Crippen LogP contribution in [0.3, 0.4) is 0 Å². The van der Waals surface area contributed by atoms with Crippen LogP contribution >= 0.6 is 0 Å². The van der Waals surface area contributed by atoms with Crippen molar-refractivity contribution in [2.75, 3.05) is 22.9 Å². The summed E-state index contributed by atoms with van der Waals surface area (Å²) in [6.45, 7) is 0. The van der Waals surface area contributed by atoms with Gasteiger partial charge < -0.3 is 27.5 Å². The number of nitrogen functional groups attached to an aromatic ring is 4. The summed E-state index contributed by atoms with van der Waals surface area (Å²) in [5, 5.41) is 0. The fraction of sp³-hybridized carbons (Fsp3) is 0.0556. The van der Waals surface area contributed by atoms with Crippen LogP contribution in [-0.4, -0.2) is 40.7 Å². The van der Waals surface area contributed by atoms with Crippen molar-refractivity contribution in [1.82, 2.24) is 34.5 Å². The topological polar surface area (TPSA) is 199 Å². The Bertz CT molecular complexity index is 1200. The Hall–Kier alpha value is -4.61. The molecule has 0 aliphatic heterocycles. The number of anilines is 4. The molecule has 3 heterocycles. The van der Waals surface area contributed by atoms with E-state index in [0.29, 0.717) is 23.2 Å². The van der Waals surface area contributed by atoms with Crippen LogP contribution in [0.4, 0.5) is 29.6 Å². The minimum absolute atomic E-state index is 0.0607. The number of aliphatic imine (C=N–C) groups is 1. The van der Waals surface area contributed by atoms with Gasteiger partial charge in [0.15, 0.2) is 11.6 Å². The molecule has 0 unspecified atom stereocenters. The molecule has 150 valence electrons. The van der Waals surface area contributed by atoms with Gasteiger partial charge in [-0.25, -0.2) is 4.99 Å². The second kappa shape index (κ2) is 7.43. The molecule has 12 nitrogen and oxygen atoms in total. The van der Waals surface area contributed by atoms with Gasteiger partial charge in [-0.15, -0.1) is 0 Å². The minimum Gasteiger partial charge on any atom is -0.368 e. The quantitative estimate of drug-likeness (QED) is 0.354. The van der Waals surface area contributed by atoms with Gasteiger partial charge in [0.1, 0.15) is 5.82 Å². The van der Waals surface area contributed by atoms with Crippen LogP contribution in [0.15, 0.2) is 41.4 Å². The number of aromatic nitrogens is 7. The summed E-state index contributed by atoms with van der Waals surface area (Å²) >= 11 is 0. The molecule has 0 aliphatic rings. The zero-order valence-electron chi connectivity index (χ0n) is 15.9. The lowest BCUT2D eigenvalue weighted by Gasteiger charge is -2.05. The standard InChI is InChI=1S/C18H18N12/c1-30-11(14-26-17(21)29-18(22)27-14)6-7-12(30)23-8-9-2-4-10(5-3-9)13-24-15(19)28-16(20)25-13/h2-8H,1H3,(H4,19,20,24,25,28)(H4,21,22,26,27,29). The van der Waals surface area contributed by atoms with Crippen LogP contribution < -0.4 is 22.9 Å². The number of benzene rings is 1. The molecule has 0 saturated carbocycles. The number of nitrogens with two attached hydrogens (primary N) is 4. The Morgan fingerprint density at radius 2 is 1.23 bits per heavy atom. The zero-order chi connectivity index (χ0) is 21.3. The predicted molar refractivity (Wildman–Crippen MR) is 114 cm³/mol. The Morgan fingerprint density at radius 1 is 0.700 bits per heavy atom. The summed E-state index contributed by atoms with van der Waals surface area (Å²) in [6, 6.07) is 11.1. The van der Waals surface area contributed by atoms with E-state index in [9.17, 15) is 0 Å². The molecule has 1 aromatic carbocycles. The Balaban J connectivity index is 1.56. The summed E-state index contributed by atoms with van der Waals surface area (Å²) in [4.78, 5) is 28.5. The van der Waals surface area contributed by atoms with Crippen molar-refractivity contribution in [3.8, 4) is 22.9 Å². The highest BCUT2D eigenvalue weighted by Gasteiger charge is 2.11. The van der Waals surface area contributed by atoms with Gasteiger partial charge in [0.2, 0.25) is 23.8 Å². The van der Waals surface area contributed by atoms with Gasteiger partial charge in [0, 0.05) is 18.8 Å². The van der Waals surface area contributed by atoms with Gasteiger partial charge in [-0.1, -0.05) is 24.3 Å². The Labute approximate surface area is 170 Å². The van der Waals surface area contributed by atoms with E-state index in [2.05, 4.69) is 34.9 Å². The number of nitrogens with zero attached hydrogens (tertiary/aromatic N) is 8. The van der Waals surface area contributed by atoms with Crippen LogP contribution in [0.1, 0.15) is 5.56 Å². The molecular weight excluding hydrogens is 384 g/mol. The third-order valence-corrected chi connectivity index (χ3v) is 4.18. The largest absolute Gasteiger partial charge is 0.368 e. The summed E-state index contributed by atoms with van der Waals surface area (Å²) in [6.07, 6.45) is 1.73. The zero-order valence-corrected chi connectivity index (χ0v) is 15.9. The fourth-order valence-electron chi connectivity index (χ4n) is 2.78. The van der Waals surface area contributed by atoms with E-state index >= 15 is 0 Å². The Kier molecular flexibility index (Phi) is 4.64. The molecular formula is C18H18N12. The smallest absolute Gasteiger partial charge is 0.225 e. The molecule has 8 N–H and O–H groups in total. The van der Waals surface area contributed by atoms with Crippen molar-refractivity contribution in [2.45, 2.75) is 0 Å². The van der Waals surface area contributed by atoms with Crippen LogP contribution in [-0.2, 0) is 7.05 Å². The first kappa shape index (κ1) is 18.7. The van der Waals surface area contributed by atoms with Crippen molar-refractivity contribution < 1.29 is 0 Å². The third kappa shape index (κ3) is 3.82. The molecule has 0 amide bonds. The predicted octanol–water partition coefficient (Wildman–Crippen LogP) is 0.808. The van der Waals surface area contributed by atoms with Crippen LogP contribution in [0.2, 0.25) is 0 Å². The van der Waals surface area contributed by atoms with Gasteiger partial charge in [-0.05, 0) is 17.7 Å². The molecule has 4 aromatic rings. The average molecular weight is 402 g/mol. The minimum atomic E-state index is 0.0607. The van der Waals surface area contributed by atoms with Crippen LogP contribution in [0.25, 0.3) is 22.9 Å². The molecule has 4 rings (SSSR count). The maximum atomic E-state index is 5.65. The van der Waals surface area contributed by atoms with E-state index in [1.54, 1.807) is 6.21 Å². The lowest BCUT2D eigenvalue weighted by atomic mass is 10.1. The molecule has 3 aromatic heterocycles. The summed E-state index contributed by atoms with van der Waals surface area (Å²) in [5.41, 5.74) is 24.9. The van der Waals surface area contributed by atoms with Gasteiger partial charge in [0.05, 0.1) is 5.69 Å². The van der Waals surface area contributed by atoms with E-state index in [1.807, 2.05) is 48.0 Å². The van der Waals surface area contributed by atoms with E-state index < -0.39 is 0 Å². The SMILES string of the molecule is Cn1c(N=Cc2ccc(-c3nc(N)nc(N)n3)cc2)ccc1-c1nc(N)nc(N)n1. The monoisotopic (exact) mass is 402 g/mol. The van der Waals surface area contributed by atoms with Gasteiger partial charge in [-0.2, -0.15) is 29.9 Å². The maximum absolute atomic E-state index is 5.65. The van der Waals surface area contributed by atoms with Crippen molar-refractivity contribution in [1.29, 1.82) is 0 Å². The van der Waals surface area contributed by atoms with E-state index in [0.717, 1.165) is 11.1 Å². The van der Waals surface area contributed by atoms with Crippen molar-refractivity contribution >= 4 is 35.8 Å². The second-order valence-electron chi connectivity index (χ2n) is 6.27. The van der Waals surface area contributed by atoms with Crippen molar-refractivity contribution in [2.24, 2.45) is 12.0 Å².